The lowest BCUT2D eigenvalue weighted by molar-refractivity contribution is -0.126. The average molecular weight is 603 g/mol. The fourth-order valence-corrected chi connectivity index (χ4v) is 5.36. The van der Waals surface area contributed by atoms with E-state index in [1.807, 2.05) is 48.5 Å². The molecule has 0 fully saturated rings. The number of nitrogens with two attached hydrogens (primary N) is 1. The molecule has 5 aromatic rings. The van der Waals surface area contributed by atoms with Gasteiger partial charge in [0.2, 0.25) is 10.0 Å². The van der Waals surface area contributed by atoms with Crippen LogP contribution >= 0.6 is 11.6 Å². The van der Waals surface area contributed by atoms with Crippen molar-refractivity contribution in [1.29, 1.82) is 0 Å². The largest absolute Gasteiger partial charge is 0.489 e. The summed E-state index contributed by atoms with van der Waals surface area (Å²) in [6.07, 6.45) is 3.91. The van der Waals surface area contributed by atoms with Crippen molar-refractivity contribution in [2.75, 3.05) is 6.26 Å². The lowest BCUT2D eigenvalue weighted by Gasteiger charge is -2.21. The summed E-state index contributed by atoms with van der Waals surface area (Å²) in [5.74, 6) is -1.51. The van der Waals surface area contributed by atoms with Crippen LogP contribution in [0.3, 0.4) is 0 Å². The van der Waals surface area contributed by atoms with Gasteiger partial charge in [0.1, 0.15) is 23.7 Å². The Hall–Kier alpha value is -4.51. The fraction of sp³-hybridized carbons (Fsp3) is 0.129. The molecule has 0 aliphatic heterocycles. The SMILES string of the molecule is CS(=O)(=O)N(C(=O)c1cn2cc(-c3ccc(Cl)cc3)ccc2n1)C(=O)C(N)Cc1ccc(OCc2ccccc2)cc1. The van der Waals surface area contributed by atoms with Crippen LogP contribution in [0.1, 0.15) is 21.6 Å². The van der Waals surface area contributed by atoms with Gasteiger partial charge in [-0.25, -0.2) is 13.4 Å². The number of pyridine rings is 1. The predicted molar refractivity (Wildman–Crippen MR) is 161 cm³/mol. The highest BCUT2D eigenvalue weighted by atomic mass is 35.5. The number of nitrogens with zero attached hydrogens (tertiary/aromatic N) is 3. The first kappa shape index (κ1) is 29.0. The first-order chi connectivity index (χ1) is 20.1. The zero-order chi connectivity index (χ0) is 29.9. The van der Waals surface area contributed by atoms with Gasteiger partial charge in [-0.05, 0) is 65.1 Å². The minimum Gasteiger partial charge on any atom is -0.489 e. The maximum atomic E-state index is 13.3. The quantitative estimate of drug-likeness (QED) is 0.259. The minimum absolute atomic E-state index is 0.00666. The predicted octanol–water partition coefficient (Wildman–Crippen LogP) is 4.73. The molecule has 3 aromatic carbocycles. The number of halogens is 1. The first-order valence-electron chi connectivity index (χ1n) is 12.9. The molecule has 11 heteroatoms. The van der Waals surface area contributed by atoms with Crippen molar-refractivity contribution in [2.24, 2.45) is 5.73 Å². The number of fused-ring (bicyclic) bond motifs is 1. The number of ether oxygens (including phenoxy) is 1. The van der Waals surface area contributed by atoms with E-state index in [2.05, 4.69) is 4.98 Å². The van der Waals surface area contributed by atoms with Crippen LogP contribution in [0.25, 0.3) is 16.8 Å². The van der Waals surface area contributed by atoms with Crippen LogP contribution in [0.2, 0.25) is 5.02 Å². The molecular weight excluding hydrogens is 576 g/mol. The Morgan fingerprint density at radius 2 is 1.57 bits per heavy atom. The molecule has 2 aromatic heterocycles. The van der Waals surface area contributed by atoms with Crippen molar-refractivity contribution in [2.45, 2.75) is 19.1 Å². The average Bonchev–Trinajstić information content (AvgIpc) is 3.41. The van der Waals surface area contributed by atoms with Crippen molar-refractivity contribution >= 4 is 39.1 Å². The lowest BCUT2D eigenvalue weighted by Crippen LogP contribution is -2.50. The van der Waals surface area contributed by atoms with E-state index >= 15 is 0 Å². The fourth-order valence-electron chi connectivity index (χ4n) is 4.38. The molecule has 0 saturated carbocycles. The van der Waals surface area contributed by atoms with Gasteiger partial charge >= 0.3 is 0 Å². The summed E-state index contributed by atoms with van der Waals surface area (Å²) in [5.41, 5.74) is 9.72. The molecule has 2 heterocycles. The van der Waals surface area contributed by atoms with E-state index in [1.165, 1.54) is 6.20 Å². The monoisotopic (exact) mass is 602 g/mol. The Morgan fingerprint density at radius 1 is 0.905 bits per heavy atom. The Labute approximate surface area is 248 Å². The number of rotatable bonds is 9. The second kappa shape index (κ2) is 12.2. The molecule has 0 spiro atoms. The van der Waals surface area contributed by atoms with E-state index in [0.717, 1.165) is 22.9 Å². The number of imidazole rings is 1. The number of carbonyl (C=O) groups excluding carboxylic acids is 2. The number of imide groups is 1. The molecule has 5 rings (SSSR count). The van der Waals surface area contributed by atoms with Crippen LogP contribution in [0.4, 0.5) is 0 Å². The number of benzene rings is 3. The highest BCUT2D eigenvalue weighted by Crippen LogP contribution is 2.23. The van der Waals surface area contributed by atoms with Crippen LogP contribution < -0.4 is 10.5 Å². The van der Waals surface area contributed by atoms with Gasteiger partial charge in [-0.3, -0.25) is 9.59 Å². The molecule has 0 aliphatic carbocycles. The summed E-state index contributed by atoms with van der Waals surface area (Å²) in [6.45, 7) is 0.398. The van der Waals surface area contributed by atoms with Gasteiger partial charge in [-0.1, -0.05) is 66.2 Å². The Kier molecular flexibility index (Phi) is 8.39. The normalized spacial score (nSPS) is 12.2. The number of hydrogen-bond donors (Lipinski definition) is 1. The van der Waals surface area contributed by atoms with Crippen LogP contribution in [0.15, 0.2) is 103 Å². The smallest absolute Gasteiger partial charge is 0.294 e. The van der Waals surface area contributed by atoms with E-state index in [-0.39, 0.29) is 16.4 Å². The van der Waals surface area contributed by atoms with Gasteiger partial charge in [-0.15, -0.1) is 0 Å². The summed E-state index contributed by atoms with van der Waals surface area (Å²) in [4.78, 5) is 30.8. The first-order valence-corrected chi connectivity index (χ1v) is 15.2. The van der Waals surface area contributed by atoms with Crippen molar-refractivity contribution in [3.63, 3.8) is 0 Å². The second-order valence-corrected chi connectivity index (χ2v) is 12.0. The molecule has 9 nitrogen and oxygen atoms in total. The Bertz CT molecular complexity index is 1840. The maximum absolute atomic E-state index is 13.3. The van der Waals surface area contributed by atoms with Gasteiger partial charge < -0.3 is 14.9 Å². The molecule has 214 valence electrons. The van der Waals surface area contributed by atoms with Crippen LogP contribution in [-0.4, -0.2) is 46.2 Å². The van der Waals surface area contributed by atoms with Crippen LogP contribution in [0, 0.1) is 0 Å². The van der Waals surface area contributed by atoms with Gasteiger partial charge in [0.15, 0.2) is 0 Å². The van der Waals surface area contributed by atoms with Crippen molar-refractivity contribution in [3.05, 3.63) is 125 Å². The number of amides is 2. The second-order valence-electron chi connectivity index (χ2n) is 9.72. The Balaban J connectivity index is 1.30. The van der Waals surface area contributed by atoms with E-state index in [1.54, 1.807) is 53.1 Å². The van der Waals surface area contributed by atoms with Crippen molar-refractivity contribution in [1.82, 2.24) is 13.7 Å². The van der Waals surface area contributed by atoms with Gasteiger partial charge in [0.25, 0.3) is 11.8 Å². The standard InChI is InChI=1S/C31H27ClN4O5S/c1-42(39,40)36(30(37)27(33)17-21-7-14-26(15-8-21)41-20-22-5-3-2-4-6-22)31(38)28-19-35-18-24(11-16-29(35)34-28)23-9-12-25(32)13-10-23/h2-16,18-19,27H,17,20,33H2,1H3. The minimum atomic E-state index is -4.31. The molecule has 42 heavy (non-hydrogen) atoms. The number of aromatic nitrogens is 2. The molecule has 1 unspecified atom stereocenters. The maximum Gasteiger partial charge on any atom is 0.294 e. The topological polar surface area (TPSA) is 124 Å². The number of carbonyl (C=O) groups is 2. The number of sulfonamides is 1. The van der Waals surface area contributed by atoms with E-state index in [9.17, 15) is 18.0 Å². The lowest BCUT2D eigenvalue weighted by atomic mass is 10.1. The molecular formula is C31H27ClN4O5S. The third-order valence-electron chi connectivity index (χ3n) is 6.51. The summed E-state index contributed by atoms with van der Waals surface area (Å²) in [5, 5.41) is 0.601. The third kappa shape index (κ3) is 6.68. The molecule has 0 radical (unpaired) electrons. The van der Waals surface area contributed by atoms with E-state index < -0.39 is 27.9 Å². The molecule has 2 N–H and O–H groups in total. The molecule has 0 aliphatic rings. The summed E-state index contributed by atoms with van der Waals surface area (Å²) in [7, 11) is -4.31. The zero-order valence-corrected chi connectivity index (χ0v) is 24.1. The van der Waals surface area contributed by atoms with Gasteiger partial charge in [0.05, 0.1) is 12.3 Å². The molecule has 1 atom stereocenters. The van der Waals surface area contributed by atoms with Crippen molar-refractivity contribution < 1.29 is 22.7 Å². The zero-order valence-electron chi connectivity index (χ0n) is 22.6. The third-order valence-corrected chi connectivity index (χ3v) is 7.77. The highest BCUT2D eigenvalue weighted by molar-refractivity contribution is 7.89. The van der Waals surface area contributed by atoms with Gasteiger partial charge in [0, 0.05) is 17.4 Å². The van der Waals surface area contributed by atoms with Gasteiger partial charge in [-0.2, -0.15) is 4.31 Å². The summed E-state index contributed by atoms with van der Waals surface area (Å²) >= 11 is 5.98. The van der Waals surface area contributed by atoms with Crippen molar-refractivity contribution in [3.8, 4) is 16.9 Å². The molecule has 0 saturated heterocycles. The van der Waals surface area contributed by atoms with E-state index in [0.29, 0.717) is 28.6 Å². The number of hydrogen-bond acceptors (Lipinski definition) is 7. The molecule has 0 bridgehead atoms. The van der Waals surface area contributed by atoms with Crippen LogP contribution in [-0.2, 0) is 27.8 Å². The summed E-state index contributed by atoms with van der Waals surface area (Å²) in [6, 6.07) is 26.1. The van der Waals surface area contributed by atoms with Crippen LogP contribution in [0.5, 0.6) is 5.75 Å². The Morgan fingerprint density at radius 3 is 2.24 bits per heavy atom. The van der Waals surface area contributed by atoms with E-state index in [4.69, 9.17) is 22.1 Å². The summed E-state index contributed by atoms with van der Waals surface area (Å²) < 4.78 is 32.8. The highest BCUT2D eigenvalue weighted by Gasteiger charge is 2.36. The molecule has 2 amide bonds.